The van der Waals surface area contributed by atoms with Crippen LogP contribution in [0.2, 0.25) is 0 Å². The van der Waals surface area contributed by atoms with Crippen molar-refractivity contribution in [2.75, 3.05) is 0 Å². The molecule has 0 bridgehead atoms. The number of allylic oxidation sites excluding steroid dienone is 1. The van der Waals surface area contributed by atoms with Crippen LogP contribution in [-0.2, 0) is 12.8 Å². The minimum absolute atomic E-state index is 0.00457. The van der Waals surface area contributed by atoms with Gasteiger partial charge in [0, 0.05) is 16.8 Å². The summed E-state index contributed by atoms with van der Waals surface area (Å²) in [7, 11) is 0. The molecule has 0 unspecified atom stereocenters. The molecule has 0 aliphatic heterocycles. The van der Waals surface area contributed by atoms with Crippen LogP contribution in [-0.4, -0.2) is 4.98 Å². The van der Waals surface area contributed by atoms with Crippen LogP contribution < -0.4 is 21.7 Å². The fraction of sp³-hybridized carbons (Fsp3) is 0.176. The number of alkyl halides is 3. The number of halogens is 3. The van der Waals surface area contributed by atoms with Crippen molar-refractivity contribution >= 4 is 5.70 Å². The molecular weight excluding hydrogens is 347 g/mol. The van der Waals surface area contributed by atoms with Gasteiger partial charge in [-0.25, -0.2) is 10.8 Å². The number of nitriles is 1. The third-order valence-electron chi connectivity index (χ3n) is 3.55. The van der Waals surface area contributed by atoms with E-state index in [0.717, 1.165) is 6.07 Å². The highest BCUT2D eigenvalue weighted by molar-refractivity contribution is 5.69. The van der Waals surface area contributed by atoms with E-state index < -0.39 is 11.9 Å². The molecule has 0 fully saturated rings. The Morgan fingerprint density at radius 1 is 1.31 bits per heavy atom. The smallest absolute Gasteiger partial charge is 0.433 e. The molecule has 6 nitrogen and oxygen atoms in total. The first kappa shape index (κ1) is 19.1. The molecule has 9 heteroatoms. The molecule has 0 saturated heterocycles. The minimum atomic E-state index is -4.49. The van der Waals surface area contributed by atoms with Gasteiger partial charge in [0.25, 0.3) is 0 Å². The Morgan fingerprint density at radius 3 is 2.62 bits per heavy atom. The summed E-state index contributed by atoms with van der Waals surface area (Å²) in [4.78, 5) is 3.56. The van der Waals surface area contributed by atoms with Gasteiger partial charge in [-0.15, -0.1) is 0 Å². The zero-order chi connectivity index (χ0) is 19.3. The summed E-state index contributed by atoms with van der Waals surface area (Å²) in [6.45, 7) is 1.52. The van der Waals surface area contributed by atoms with Crippen molar-refractivity contribution in [3.05, 3.63) is 64.6 Å². The van der Waals surface area contributed by atoms with Gasteiger partial charge in [0.15, 0.2) is 5.70 Å². The van der Waals surface area contributed by atoms with Gasteiger partial charge in [-0.2, -0.15) is 18.4 Å². The molecule has 0 saturated carbocycles. The first-order valence-corrected chi connectivity index (χ1v) is 7.39. The van der Waals surface area contributed by atoms with Crippen LogP contribution in [0.1, 0.15) is 22.5 Å². The number of pyridine rings is 1. The molecule has 1 heterocycles. The number of aryl methyl sites for hydroxylation is 1. The first-order chi connectivity index (χ1) is 12.3. The number of rotatable bonds is 5. The van der Waals surface area contributed by atoms with Crippen LogP contribution in [0.5, 0.6) is 5.75 Å². The van der Waals surface area contributed by atoms with Gasteiger partial charge in [-0.3, -0.25) is 0 Å². The van der Waals surface area contributed by atoms with E-state index in [2.05, 4.69) is 10.4 Å². The number of hydrogen-bond acceptors (Lipinski definition) is 6. The lowest BCUT2D eigenvalue weighted by Gasteiger charge is -2.12. The topological polar surface area (TPSA) is 110 Å². The maximum Gasteiger partial charge on any atom is 0.433 e. The number of nitrogens with one attached hydrogen (secondary N) is 1. The van der Waals surface area contributed by atoms with Crippen LogP contribution in [0.3, 0.4) is 0 Å². The third kappa shape index (κ3) is 4.43. The highest BCUT2D eigenvalue weighted by Crippen LogP contribution is 2.28. The van der Waals surface area contributed by atoms with E-state index in [1.165, 1.54) is 13.0 Å². The average molecular weight is 363 g/mol. The highest BCUT2D eigenvalue weighted by Gasteiger charge is 2.32. The average Bonchev–Trinajstić information content (AvgIpc) is 2.61. The van der Waals surface area contributed by atoms with E-state index in [1.54, 1.807) is 24.3 Å². The fourth-order valence-corrected chi connectivity index (χ4v) is 2.13. The Kier molecular flexibility index (Phi) is 5.69. The van der Waals surface area contributed by atoms with E-state index in [1.807, 2.05) is 6.07 Å². The molecule has 1 aromatic heterocycles. The Labute approximate surface area is 147 Å². The molecule has 0 amide bonds. The van der Waals surface area contributed by atoms with E-state index in [-0.39, 0.29) is 23.7 Å². The molecule has 0 radical (unpaired) electrons. The van der Waals surface area contributed by atoms with Crippen molar-refractivity contribution in [1.82, 2.24) is 10.4 Å². The largest absolute Gasteiger partial charge is 0.489 e. The second-order valence-corrected chi connectivity index (χ2v) is 5.30. The Morgan fingerprint density at radius 2 is 2.04 bits per heavy atom. The Hall–Kier alpha value is -3.25. The standard InChI is InChI=1S/C17H16F3N5O/c1-10-12(5-6-15(24-10)17(18,19)20)9-26-13-4-2-3-11(7-13)16(22)14(8-21)25-23/h2-7,25H,9,22-23H2,1H3/b16-14-. The molecule has 5 N–H and O–H groups in total. The summed E-state index contributed by atoms with van der Waals surface area (Å²) in [6.07, 6.45) is -4.49. The van der Waals surface area contributed by atoms with Crippen LogP contribution in [0.4, 0.5) is 13.2 Å². The van der Waals surface area contributed by atoms with Crippen LogP contribution in [0, 0.1) is 18.3 Å². The van der Waals surface area contributed by atoms with Crippen molar-refractivity contribution in [1.29, 1.82) is 5.26 Å². The summed E-state index contributed by atoms with van der Waals surface area (Å²) < 4.78 is 43.5. The maximum absolute atomic E-state index is 12.6. The Bertz CT molecular complexity index is 871. The van der Waals surface area contributed by atoms with Crippen molar-refractivity contribution in [3.8, 4) is 11.8 Å². The number of hydrazine groups is 1. The summed E-state index contributed by atoms with van der Waals surface area (Å²) in [5.41, 5.74) is 8.53. The number of nitrogens with two attached hydrogens (primary N) is 2. The van der Waals surface area contributed by atoms with Crippen LogP contribution in [0.25, 0.3) is 5.70 Å². The van der Waals surface area contributed by atoms with Gasteiger partial charge in [0.1, 0.15) is 24.1 Å². The molecule has 2 aromatic rings. The summed E-state index contributed by atoms with van der Waals surface area (Å²) >= 11 is 0. The summed E-state index contributed by atoms with van der Waals surface area (Å²) in [5, 5.41) is 8.94. The second-order valence-electron chi connectivity index (χ2n) is 5.30. The van der Waals surface area contributed by atoms with Gasteiger partial charge in [0.05, 0.1) is 5.70 Å². The van der Waals surface area contributed by atoms with Crippen molar-refractivity contribution in [3.63, 3.8) is 0 Å². The van der Waals surface area contributed by atoms with E-state index in [4.69, 9.17) is 21.6 Å². The molecule has 0 aliphatic rings. The number of ether oxygens (including phenoxy) is 1. The number of aromatic nitrogens is 1. The molecule has 0 spiro atoms. The van der Waals surface area contributed by atoms with Crippen molar-refractivity contribution in [2.45, 2.75) is 19.7 Å². The molecular formula is C17H16F3N5O. The van der Waals surface area contributed by atoms with Gasteiger partial charge >= 0.3 is 6.18 Å². The van der Waals surface area contributed by atoms with E-state index in [0.29, 0.717) is 16.9 Å². The number of benzene rings is 1. The number of hydrogen-bond donors (Lipinski definition) is 3. The van der Waals surface area contributed by atoms with Crippen LogP contribution in [0.15, 0.2) is 42.1 Å². The zero-order valence-corrected chi connectivity index (χ0v) is 13.8. The van der Waals surface area contributed by atoms with Gasteiger partial charge < -0.3 is 15.9 Å². The molecule has 26 heavy (non-hydrogen) atoms. The normalized spacial score (nSPS) is 12.2. The molecule has 0 atom stereocenters. The molecule has 2 rings (SSSR count). The lowest BCUT2D eigenvalue weighted by Crippen LogP contribution is -2.23. The third-order valence-corrected chi connectivity index (χ3v) is 3.55. The zero-order valence-electron chi connectivity index (χ0n) is 13.8. The maximum atomic E-state index is 12.6. The lowest BCUT2D eigenvalue weighted by molar-refractivity contribution is -0.141. The van der Waals surface area contributed by atoms with E-state index >= 15 is 0 Å². The Balaban J connectivity index is 2.18. The fourth-order valence-electron chi connectivity index (χ4n) is 2.13. The minimum Gasteiger partial charge on any atom is -0.489 e. The molecule has 136 valence electrons. The first-order valence-electron chi connectivity index (χ1n) is 7.39. The van der Waals surface area contributed by atoms with Crippen molar-refractivity contribution < 1.29 is 17.9 Å². The monoisotopic (exact) mass is 363 g/mol. The van der Waals surface area contributed by atoms with Crippen LogP contribution >= 0.6 is 0 Å². The van der Waals surface area contributed by atoms with E-state index in [9.17, 15) is 13.2 Å². The predicted octanol–water partition coefficient (Wildman–Crippen LogP) is 2.60. The second kappa shape index (κ2) is 7.76. The quantitative estimate of drug-likeness (QED) is 0.428. The molecule has 0 aliphatic carbocycles. The number of nitrogens with zero attached hydrogens (tertiary/aromatic N) is 2. The SMILES string of the molecule is Cc1nc(C(F)(F)F)ccc1COc1cccc(/C(N)=C(\C#N)NN)c1. The lowest BCUT2D eigenvalue weighted by atomic mass is 10.1. The predicted molar refractivity (Wildman–Crippen MR) is 88.8 cm³/mol. The highest BCUT2D eigenvalue weighted by atomic mass is 19.4. The molecule has 1 aromatic carbocycles. The summed E-state index contributed by atoms with van der Waals surface area (Å²) in [6, 6.07) is 10.7. The summed E-state index contributed by atoms with van der Waals surface area (Å²) in [5.74, 6) is 5.65. The van der Waals surface area contributed by atoms with Gasteiger partial charge in [-0.05, 0) is 25.1 Å². The van der Waals surface area contributed by atoms with Crippen molar-refractivity contribution in [2.24, 2.45) is 11.6 Å². The van der Waals surface area contributed by atoms with Gasteiger partial charge in [-0.1, -0.05) is 18.2 Å². The van der Waals surface area contributed by atoms with Gasteiger partial charge in [0.2, 0.25) is 0 Å².